The second-order valence-corrected chi connectivity index (χ2v) is 22.3. The van der Waals surface area contributed by atoms with Crippen molar-refractivity contribution in [2.24, 2.45) is 5.41 Å². The third-order valence-electron chi connectivity index (χ3n) is 10.4. The Morgan fingerprint density at radius 1 is 0.836 bits per heavy atom. The molecule has 73 heavy (non-hydrogen) atoms. The van der Waals surface area contributed by atoms with Crippen molar-refractivity contribution < 1.29 is 80.5 Å². The summed E-state index contributed by atoms with van der Waals surface area (Å²) in [6.07, 6.45) is 27.6. The maximum absolute atomic E-state index is 12.8. The second kappa shape index (κ2) is 32.4. The van der Waals surface area contributed by atoms with Crippen LogP contribution in [-0.4, -0.2) is 123 Å². The predicted octanol–water partition coefficient (Wildman–Crippen LogP) is 5.92. The maximum Gasteiger partial charge on any atom is 0.481 e. The number of rotatable bonds is 35. The highest BCUT2D eigenvalue weighted by atomic mass is 32.2. The van der Waals surface area contributed by atoms with E-state index in [4.69, 9.17) is 19.5 Å². The summed E-state index contributed by atoms with van der Waals surface area (Å²) >= 11 is 1.12. The van der Waals surface area contributed by atoms with Gasteiger partial charge in [-0.1, -0.05) is 105 Å². The number of amides is 2. The molecular weight excluding hydrogens is 1040 g/mol. The molecule has 1 aliphatic heterocycles. The van der Waals surface area contributed by atoms with Crippen LogP contribution in [0.4, 0.5) is 5.82 Å². The number of fused-ring (bicyclic) bond motifs is 1. The van der Waals surface area contributed by atoms with E-state index in [1.807, 2.05) is 0 Å². The van der Waals surface area contributed by atoms with E-state index in [-0.39, 0.29) is 41.6 Å². The zero-order chi connectivity index (χ0) is 53.9. The van der Waals surface area contributed by atoms with Gasteiger partial charge < -0.3 is 50.9 Å². The molecule has 0 aliphatic carbocycles. The number of aliphatic hydroxyl groups excluding tert-OH is 2. The first-order valence-corrected chi connectivity index (χ1v) is 29.0. The number of thioether (sulfide) groups is 1. The number of anilines is 1. The molecule has 408 valence electrons. The summed E-state index contributed by atoms with van der Waals surface area (Å²) < 4.78 is 62.5. The molecule has 0 bridgehead atoms. The molecule has 2 amide bonds. The molecule has 0 saturated carbocycles. The fourth-order valence-corrected chi connectivity index (χ4v) is 10.1. The minimum absolute atomic E-state index is 0.0222. The van der Waals surface area contributed by atoms with Gasteiger partial charge in [-0.05, 0) is 57.8 Å². The molecular formula is C45H70N7O17P3S. The molecule has 3 heterocycles. The van der Waals surface area contributed by atoms with Crippen molar-refractivity contribution in [1.29, 1.82) is 0 Å². The lowest BCUT2D eigenvalue weighted by Gasteiger charge is -2.30. The number of allylic oxidation sites excluding steroid dienone is 12. The van der Waals surface area contributed by atoms with E-state index in [9.17, 15) is 57.9 Å². The van der Waals surface area contributed by atoms with Crippen LogP contribution in [0.15, 0.2) is 85.6 Å². The van der Waals surface area contributed by atoms with Gasteiger partial charge in [0.05, 0.1) is 19.5 Å². The number of unbranched alkanes of at least 4 members (excludes halogenated alkanes) is 2. The number of nitrogens with one attached hydrogen (secondary N) is 2. The topological polar surface area (TPSA) is 364 Å². The number of nitrogen functional groups attached to an aromatic ring is 1. The van der Waals surface area contributed by atoms with Gasteiger partial charge in [0.2, 0.25) is 11.8 Å². The van der Waals surface area contributed by atoms with Gasteiger partial charge in [-0.3, -0.25) is 32.5 Å². The van der Waals surface area contributed by atoms with Crippen LogP contribution in [0.25, 0.3) is 11.2 Å². The first kappa shape index (κ1) is 63.3. The van der Waals surface area contributed by atoms with Crippen molar-refractivity contribution in [2.75, 3.05) is 37.8 Å². The maximum atomic E-state index is 12.8. The highest BCUT2D eigenvalue weighted by Gasteiger charge is 2.50. The molecule has 24 nitrogen and oxygen atoms in total. The number of carbonyl (C=O) groups is 3. The summed E-state index contributed by atoms with van der Waals surface area (Å²) in [5.74, 6) is -1.08. The Morgan fingerprint density at radius 2 is 1.42 bits per heavy atom. The summed E-state index contributed by atoms with van der Waals surface area (Å²) in [7, 11) is -16.4. The van der Waals surface area contributed by atoms with Crippen molar-refractivity contribution >= 4 is 69.1 Å². The molecule has 10 N–H and O–H groups in total. The molecule has 0 spiro atoms. The second-order valence-electron chi connectivity index (χ2n) is 17.0. The highest BCUT2D eigenvalue weighted by Crippen LogP contribution is 2.61. The number of phosphoric acid groups is 3. The fourth-order valence-electron chi connectivity index (χ4n) is 6.54. The zero-order valence-corrected chi connectivity index (χ0v) is 44.6. The summed E-state index contributed by atoms with van der Waals surface area (Å²) in [6, 6.07) is 0. The molecule has 2 aromatic heterocycles. The Labute approximate surface area is 429 Å². The van der Waals surface area contributed by atoms with Crippen molar-refractivity contribution in [3.05, 3.63) is 85.6 Å². The van der Waals surface area contributed by atoms with Gasteiger partial charge in [0.25, 0.3) is 0 Å². The van der Waals surface area contributed by atoms with Crippen LogP contribution >= 0.6 is 35.2 Å². The largest absolute Gasteiger partial charge is 0.481 e. The summed E-state index contributed by atoms with van der Waals surface area (Å²) in [5.41, 5.74) is 4.27. The van der Waals surface area contributed by atoms with Gasteiger partial charge in [0, 0.05) is 37.1 Å². The number of imidazole rings is 1. The molecule has 1 fully saturated rings. The minimum Gasteiger partial charge on any atom is -0.386 e. The van der Waals surface area contributed by atoms with Crippen molar-refractivity contribution in [3.63, 3.8) is 0 Å². The van der Waals surface area contributed by atoms with E-state index < -0.39 is 84.6 Å². The van der Waals surface area contributed by atoms with Crippen LogP contribution in [0.2, 0.25) is 0 Å². The van der Waals surface area contributed by atoms with Gasteiger partial charge in [-0.2, -0.15) is 4.31 Å². The number of nitrogens with two attached hydrogens (primary N) is 1. The number of hydrogen-bond acceptors (Lipinski definition) is 18. The van der Waals surface area contributed by atoms with Gasteiger partial charge in [0.1, 0.15) is 36.3 Å². The first-order chi connectivity index (χ1) is 34.6. The monoisotopic (exact) mass is 1110 g/mol. The predicted molar refractivity (Wildman–Crippen MR) is 274 cm³/mol. The number of hydrogen-bond donors (Lipinski definition) is 9. The van der Waals surface area contributed by atoms with Gasteiger partial charge >= 0.3 is 23.5 Å². The lowest BCUT2D eigenvalue weighted by molar-refractivity contribution is -0.137. The SMILES string of the molecule is CC/C=C\C/C=C\C/C=C\C/C=C\C/C=C\C/C=C\CCCCC(=O)SCCNC(=O)CCNC(=O)[C@H](O)C(C)(C)COP(=O)(O)OP(=O)(O)OC[C@H]1O[C@@H](n2cnc3c(N)ncnc32)[C@H](O)[C@@H]1OP(=O)(O)O. The van der Waals surface area contributed by atoms with E-state index in [0.29, 0.717) is 12.2 Å². The number of aromatic nitrogens is 4. The Morgan fingerprint density at radius 3 is 2.03 bits per heavy atom. The molecule has 1 aliphatic rings. The smallest absolute Gasteiger partial charge is 0.386 e. The normalized spacial score (nSPS) is 20.1. The third kappa shape index (κ3) is 24.9. The van der Waals surface area contributed by atoms with Gasteiger partial charge in [-0.25, -0.2) is 28.6 Å². The average Bonchev–Trinajstić information content (AvgIpc) is 3.88. The van der Waals surface area contributed by atoms with Crippen molar-refractivity contribution in [2.45, 2.75) is 122 Å². The lowest BCUT2D eigenvalue weighted by atomic mass is 9.87. The quantitative estimate of drug-likeness (QED) is 0.0219. The molecule has 3 rings (SSSR count). The Balaban J connectivity index is 1.27. The highest BCUT2D eigenvalue weighted by molar-refractivity contribution is 8.13. The lowest BCUT2D eigenvalue weighted by Crippen LogP contribution is -2.46. The molecule has 28 heteroatoms. The van der Waals surface area contributed by atoms with E-state index >= 15 is 0 Å². The van der Waals surface area contributed by atoms with Crippen molar-refractivity contribution in [1.82, 2.24) is 30.2 Å². The van der Waals surface area contributed by atoms with E-state index in [1.54, 1.807) is 0 Å². The minimum atomic E-state index is -5.58. The third-order valence-corrected chi connectivity index (χ3v) is 14.4. The average molecular weight is 1110 g/mol. The summed E-state index contributed by atoms with van der Waals surface area (Å²) in [5, 5.41) is 26.6. The molecule has 7 atom stereocenters. The Hall–Kier alpha value is -4.00. The number of phosphoric ester groups is 3. The Kier molecular flexibility index (Phi) is 28.1. The summed E-state index contributed by atoms with van der Waals surface area (Å²) in [4.78, 5) is 88.5. The fraction of sp³-hybridized carbons (Fsp3) is 0.556. The molecule has 0 radical (unpaired) electrons. The number of carbonyl (C=O) groups excluding carboxylic acids is 3. The van der Waals surface area contributed by atoms with E-state index in [1.165, 1.54) is 13.8 Å². The Bertz CT molecular complexity index is 2390. The van der Waals surface area contributed by atoms with Crippen LogP contribution in [0.3, 0.4) is 0 Å². The van der Waals surface area contributed by atoms with Crippen molar-refractivity contribution in [3.8, 4) is 0 Å². The van der Waals surface area contributed by atoms with E-state index in [2.05, 4.69) is 114 Å². The molecule has 0 aromatic carbocycles. The first-order valence-electron chi connectivity index (χ1n) is 23.5. The van der Waals surface area contributed by atoms with Crippen LogP contribution in [0, 0.1) is 5.41 Å². The molecule has 2 aromatic rings. The standard InChI is InChI=1S/C45H70N7O17P3S/c1-4-5-6-7-8-9-10-11-12-13-14-15-16-17-18-19-20-21-22-23-24-25-36(54)73-29-28-47-35(53)26-27-48-43(57)40(56)45(2,3)31-66-72(63,64)69-71(61,62)65-30-34-39(68-70(58,59)60)38(55)44(67-34)52-33-51-37-41(46)49-32-50-42(37)52/h5-6,8-9,11-12,14-15,17-18,20-21,32-34,38-40,44,55-56H,4,7,10,13,16,19,22-31H2,1-3H3,(H,47,53)(H,48,57)(H,61,62)(H,63,64)(H2,46,49,50)(H2,58,59,60)/b6-5-,9-8-,12-11-,15-14-,18-17-,21-20-/t34-,38-,39-,40+,44-/m1/s1. The number of nitrogens with zero attached hydrogens (tertiary/aromatic N) is 4. The van der Waals surface area contributed by atoms with Crippen LogP contribution < -0.4 is 16.4 Å². The summed E-state index contributed by atoms with van der Waals surface area (Å²) in [6.45, 7) is 2.64. The number of ether oxygens (including phenoxy) is 1. The van der Waals surface area contributed by atoms with E-state index in [0.717, 1.165) is 86.8 Å². The van der Waals surface area contributed by atoms with Crippen LogP contribution in [-0.2, 0) is 50.7 Å². The number of aliphatic hydroxyl groups is 2. The molecule has 1 saturated heterocycles. The van der Waals surface area contributed by atoms with Crippen LogP contribution in [0.5, 0.6) is 0 Å². The van der Waals surface area contributed by atoms with Gasteiger partial charge in [0.15, 0.2) is 22.8 Å². The molecule has 2 unspecified atom stereocenters. The van der Waals surface area contributed by atoms with Gasteiger partial charge in [-0.15, -0.1) is 0 Å². The zero-order valence-electron chi connectivity index (χ0n) is 41.1. The van der Waals surface area contributed by atoms with Crippen LogP contribution in [0.1, 0.15) is 97.6 Å².